The molecule has 1 fully saturated rings. The molecule has 1 aromatic rings. The summed E-state index contributed by atoms with van der Waals surface area (Å²) >= 11 is 0. The topological polar surface area (TPSA) is 86.0 Å². The number of hydrogen-bond acceptors (Lipinski definition) is 4. The minimum atomic E-state index is -0.766. The Morgan fingerprint density at radius 1 is 1.65 bits per heavy atom. The molecule has 0 aliphatic heterocycles. The molecule has 88 valence electrons. The number of hydrogen-bond donors (Lipinski definition) is 2. The highest BCUT2D eigenvalue weighted by molar-refractivity contribution is 5.78. The van der Waals surface area contributed by atoms with Gasteiger partial charge in [0, 0.05) is 12.2 Å². The summed E-state index contributed by atoms with van der Waals surface area (Å²) in [5.41, 5.74) is 0.644. The molecule has 1 heterocycles. The molecule has 1 aromatic heterocycles. The van der Waals surface area contributed by atoms with Crippen molar-refractivity contribution in [2.75, 3.05) is 11.9 Å². The number of carboxylic acid groups (broad SMARTS) is 1. The van der Waals surface area contributed by atoms with Crippen LogP contribution >= 0.6 is 0 Å². The van der Waals surface area contributed by atoms with Crippen molar-refractivity contribution < 1.29 is 9.90 Å². The summed E-state index contributed by atoms with van der Waals surface area (Å²) in [4.78, 5) is 15.2. The number of pyridine rings is 1. The van der Waals surface area contributed by atoms with Gasteiger partial charge in [-0.3, -0.25) is 4.79 Å². The first kappa shape index (κ1) is 11.4. The van der Waals surface area contributed by atoms with Crippen molar-refractivity contribution >= 4 is 11.8 Å². The Balaban J connectivity index is 2.07. The third-order valence-electron chi connectivity index (χ3n) is 3.00. The van der Waals surface area contributed by atoms with Crippen molar-refractivity contribution in [3.63, 3.8) is 0 Å². The van der Waals surface area contributed by atoms with Crippen LogP contribution < -0.4 is 5.32 Å². The molecule has 5 nitrogen and oxygen atoms in total. The zero-order valence-electron chi connectivity index (χ0n) is 9.53. The Labute approximate surface area is 99.1 Å². The van der Waals surface area contributed by atoms with Crippen LogP contribution in [0, 0.1) is 23.7 Å². The number of nitrogens with one attached hydrogen (secondary N) is 1. The van der Waals surface area contributed by atoms with Gasteiger partial charge in [-0.25, -0.2) is 4.98 Å². The van der Waals surface area contributed by atoms with Crippen molar-refractivity contribution in [3.8, 4) is 6.07 Å². The maximum absolute atomic E-state index is 11.0. The van der Waals surface area contributed by atoms with Gasteiger partial charge in [0.25, 0.3) is 0 Å². The fourth-order valence-corrected chi connectivity index (χ4v) is 1.70. The van der Waals surface area contributed by atoms with Crippen LogP contribution in [0.1, 0.15) is 24.1 Å². The van der Waals surface area contributed by atoms with Crippen molar-refractivity contribution in [2.24, 2.45) is 5.41 Å². The Bertz CT molecular complexity index is 501. The molecule has 1 aliphatic carbocycles. The Morgan fingerprint density at radius 3 is 2.88 bits per heavy atom. The average molecular weight is 231 g/mol. The molecule has 0 bridgehead atoms. The molecular formula is C12H13N3O2. The van der Waals surface area contributed by atoms with Gasteiger partial charge in [0.05, 0.1) is 17.0 Å². The predicted octanol–water partition coefficient (Wildman–Crippen LogP) is 1.54. The SMILES string of the molecule is Cc1cc(C#N)cc(NCC2(C(=O)O)CC2)n1. The van der Waals surface area contributed by atoms with E-state index >= 15 is 0 Å². The molecule has 0 radical (unpaired) electrons. The Morgan fingerprint density at radius 2 is 2.35 bits per heavy atom. The molecule has 1 aliphatic rings. The fraction of sp³-hybridized carbons (Fsp3) is 0.417. The lowest BCUT2D eigenvalue weighted by atomic mass is 10.1. The van der Waals surface area contributed by atoms with E-state index in [1.165, 1.54) is 0 Å². The minimum absolute atomic E-state index is 0.365. The van der Waals surface area contributed by atoms with Crippen molar-refractivity contribution in [1.29, 1.82) is 5.26 Å². The molecule has 0 unspecified atom stereocenters. The van der Waals surface area contributed by atoms with Gasteiger partial charge >= 0.3 is 5.97 Å². The molecule has 1 saturated carbocycles. The van der Waals surface area contributed by atoms with Gasteiger partial charge in [-0.15, -0.1) is 0 Å². The largest absolute Gasteiger partial charge is 0.481 e. The van der Waals surface area contributed by atoms with E-state index < -0.39 is 11.4 Å². The summed E-state index contributed by atoms with van der Waals surface area (Å²) in [6.07, 6.45) is 1.40. The average Bonchev–Trinajstić information content (AvgIpc) is 3.06. The molecule has 0 amide bonds. The van der Waals surface area contributed by atoms with Gasteiger partial charge in [-0.1, -0.05) is 0 Å². The van der Waals surface area contributed by atoms with Crippen LogP contribution in [0.3, 0.4) is 0 Å². The second kappa shape index (κ2) is 4.06. The van der Waals surface area contributed by atoms with Crippen LogP contribution in [0.4, 0.5) is 5.82 Å². The number of aryl methyl sites for hydroxylation is 1. The van der Waals surface area contributed by atoms with E-state index in [1.54, 1.807) is 19.1 Å². The van der Waals surface area contributed by atoms with E-state index in [0.717, 1.165) is 5.69 Å². The van der Waals surface area contributed by atoms with Crippen molar-refractivity contribution in [1.82, 2.24) is 4.98 Å². The molecule has 5 heteroatoms. The number of aromatic nitrogens is 1. The lowest BCUT2D eigenvalue weighted by Gasteiger charge is -2.12. The van der Waals surface area contributed by atoms with Gasteiger partial charge in [0.1, 0.15) is 5.82 Å². The van der Waals surface area contributed by atoms with Gasteiger partial charge in [-0.05, 0) is 31.9 Å². The second-order valence-corrected chi connectivity index (χ2v) is 4.43. The first-order valence-corrected chi connectivity index (χ1v) is 5.42. The number of anilines is 1. The van der Waals surface area contributed by atoms with Crippen LogP contribution in [0.25, 0.3) is 0 Å². The van der Waals surface area contributed by atoms with Gasteiger partial charge < -0.3 is 10.4 Å². The molecule has 17 heavy (non-hydrogen) atoms. The van der Waals surface area contributed by atoms with Crippen LogP contribution in [0.5, 0.6) is 0 Å². The first-order chi connectivity index (χ1) is 8.05. The highest BCUT2D eigenvalue weighted by Crippen LogP contribution is 2.45. The number of carbonyl (C=O) groups is 1. The summed E-state index contributed by atoms with van der Waals surface area (Å²) in [6.45, 7) is 2.17. The third kappa shape index (κ3) is 2.36. The summed E-state index contributed by atoms with van der Waals surface area (Å²) < 4.78 is 0. The number of aliphatic carboxylic acids is 1. The standard InChI is InChI=1S/C12H13N3O2/c1-8-4-9(6-13)5-10(15-8)14-7-12(2-3-12)11(16)17/h4-5H,2-3,7H2,1H3,(H,14,15)(H,16,17). The normalized spacial score (nSPS) is 16.0. The van der Waals surface area contributed by atoms with Crippen LogP contribution in [0.2, 0.25) is 0 Å². The third-order valence-corrected chi connectivity index (χ3v) is 3.00. The van der Waals surface area contributed by atoms with E-state index in [1.807, 2.05) is 6.07 Å². The predicted molar refractivity (Wildman–Crippen MR) is 61.5 cm³/mol. The van der Waals surface area contributed by atoms with Crippen molar-refractivity contribution in [3.05, 3.63) is 23.4 Å². The summed E-state index contributed by atoms with van der Waals surface area (Å²) in [6, 6.07) is 5.37. The lowest BCUT2D eigenvalue weighted by Crippen LogP contribution is -2.24. The smallest absolute Gasteiger partial charge is 0.311 e. The first-order valence-electron chi connectivity index (χ1n) is 5.42. The summed E-state index contributed by atoms with van der Waals surface area (Å²) in [5.74, 6) is -0.202. The number of carboxylic acids is 1. The molecule has 2 N–H and O–H groups in total. The van der Waals surface area contributed by atoms with E-state index in [9.17, 15) is 4.79 Å². The van der Waals surface area contributed by atoms with Gasteiger partial charge in [0.2, 0.25) is 0 Å². The van der Waals surface area contributed by atoms with E-state index in [4.69, 9.17) is 10.4 Å². The zero-order chi connectivity index (χ0) is 12.5. The number of nitrogens with zero attached hydrogens (tertiary/aromatic N) is 2. The molecule has 2 rings (SSSR count). The highest BCUT2D eigenvalue weighted by Gasteiger charge is 2.50. The van der Waals surface area contributed by atoms with Crippen LogP contribution in [0.15, 0.2) is 12.1 Å². The Hall–Kier alpha value is -2.09. The minimum Gasteiger partial charge on any atom is -0.481 e. The number of rotatable bonds is 4. The van der Waals surface area contributed by atoms with Crippen LogP contribution in [-0.2, 0) is 4.79 Å². The molecule has 0 atom stereocenters. The molecular weight excluding hydrogens is 218 g/mol. The summed E-state index contributed by atoms with van der Waals surface area (Å²) in [7, 11) is 0. The van der Waals surface area contributed by atoms with E-state index in [-0.39, 0.29) is 0 Å². The van der Waals surface area contributed by atoms with Crippen LogP contribution in [-0.4, -0.2) is 22.6 Å². The zero-order valence-corrected chi connectivity index (χ0v) is 9.53. The Kier molecular flexibility index (Phi) is 2.72. The molecule has 0 aromatic carbocycles. The monoisotopic (exact) mass is 231 g/mol. The maximum Gasteiger partial charge on any atom is 0.311 e. The lowest BCUT2D eigenvalue weighted by molar-refractivity contribution is -0.142. The van der Waals surface area contributed by atoms with Gasteiger partial charge in [-0.2, -0.15) is 5.26 Å². The van der Waals surface area contributed by atoms with Crippen molar-refractivity contribution in [2.45, 2.75) is 19.8 Å². The highest BCUT2D eigenvalue weighted by atomic mass is 16.4. The maximum atomic E-state index is 11.0. The number of nitriles is 1. The summed E-state index contributed by atoms with van der Waals surface area (Å²) in [5, 5.41) is 20.8. The quantitative estimate of drug-likeness (QED) is 0.820. The van der Waals surface area contributed by atoms with Gasteiger partial charge in [0.15, 0.2) is 0 Å². The van der Waals surface area contributed by atoms with E-state index in [2.05, 4.69) is 10.3 Å². The fourth-order valence-electron chi connectivity index (χ4n) is 1.70. The van der Waals surface area contributed by atoms with E-state index in [0.29, 0.717) is 30.8 Å². The molecule has 0 spiro atoms. The second-order valence-electron chi connectivity index (χ2n) is 4.43. The molecule has 0 saturated heterocycles.